The number of hydrogen-bond acceptors (Lipinski definition) is 8. The van der Waals surface area contributed by atoms with E-state index in [9.17, 15) is 32.3 Å². The van der Waals surface area contributed by atoms with E-state index in [0.717, 1.165) is 35.2 Å². The van der Waals surface area contributed by atoms with Crippen LogP contribution in [-0.4, -0.2) is 41.8 Å². The molecule has 0 aliphatic carbocycles. The molecular weight excluding hydrogens is 631 g/mol. The van der Waals surface area contributed by atoms with Crippen LogP contribution in [0.25, 0.3) is 0 Å². The van der Waals surface area contributed by atoms with Gasteiger partial charge in [-0.05, 0) is 42.0 Å². The molecule has 1 N–H and O–H groups in total. The Bertz CT molecular complexity index is 1870. The molecular formula is C31H24F3N3O6S2. The molecule has 3 aromatic carbocycles. The monoisotopic (exact) mass is 655 g/mol. The number of alkyl halides is 3. The Labute approximate surface area is 262 Å². The minimum absolute atomic E-state index is 0.293. The number of carbonyl (C=O) groups is 3. The van der Waals surface area contributed by atoms with Gasteiger partial charge in [0.05, 0.1) is 36.4 Å². The first-order chi connectivity index (χ1) is 21.5. The van der Waals surface area contributed by atoms with E-state index in [1.807, 2.05) is 0 Å². The van der Waals surface area contributed by atoms with Gasteiger partial charge >= 0.3 is 11.0 Å². The molecule has 4 aromatic rings. The van der Waals surface area contributed by atoms with Gasteiger partial charge in [-0.1, -0.05) is 59.5 Å². The highest BCUT2D eigenvalue weighted by molar-refractivity contribution is 8.00. The van der Waals surface area contributed by atoms with E-state index in [0.29, 0.717) is 37.6 Å². The summed E-state index contributed by atoms with van der Waals surface area (Å²) in [6.07, 6.45) is -4.83. The van der Waals surface area contributed by atoms with Crippen LogP contribution in [0.5, 0.6) is 11.5 Å². The maximum atomic E-state index is 14.1. The van der Waals surface area contributed by atoms with Gasteiger partial charge in [0.2, 0.25) is 17.7 Å². The van der Waals surface area contributed by atoms with Crippen molar-refractivity contribution in [1.82, 2.24) is 4.57 Å². The topological polar surface area (TPSA) is 107 Å². The van der Waals surface area contributed by atoms with Gasteiger partial charge in [0, 0.05) is 16.5 Å². The highest BCUT2D eigenvalue weighted by atomic mass is 32.2. The smallest absolute Gasteiger partial charge is 0.418 e. The highest BCUT2D eigenvalue weighted by Gasteiger charge is 2.58. The molecule has 45 heavy (non-hydrogen) atoms. The van der Waals surface area contributed by atoms with Gasteiger partial charge in [-0.15, -0.1) is 0 Å². The number of aromatic nitrogens is 1. The van der Waals surface area contributed by atoms with Gasteiger partial charge in [0.1, 0.15) is 11.8 Å². The lowest BCUT2D eigenvalue weighted by Crippen LogP contribution is -2.33. The van der Waals surface area contributed by atoms with E-state index in [1.165, 1.54) is 30.9 Å². The molecule has 2 aliphatic rings. The number of hydrogen-bond donors (Lipinski definition) is 1. The third-order valence-corrected chi connectivity index (χ3v) is 10.2. The second-order valence-corrected chi connectivity index (χ2v) is 12.3. The first-order valence-corrected chi connectivity index (χ1v) is 15.2. The van der Waals surface area contributed by atoms with Crippen molar-refractivity contribution in [3.05, 3.63) is 98.5 Å². The number of para-hydroxylation sites is 2. The maximum absolute atomic E-state index is 14.1. The Balaban J connectivity index is 1.47. The van der Waals surface area contributed by atoms with Crippen molar-refractivity contribution >= 4 is 52.2 Å². The van der Waals surface area contributed by atoms with Crippen molar-refractivity contribution < 1.29 is 37.0 Å². The second-order valence-electron chi connectivity index (χ2n) is 10.2. The Morgan fingerprint density at radius 3 is 2.29 bits per heavy atom. The average Bonchev–Trinajstić information content (AvgIpc) is 3.46. The Hall–Kier alpha value is -4.56. The van der Waals surface area contributed by atoms with Crippen LogP contribution in [0, 0.1) is 5.92 Å². The van der Waals surface area contributed by atoms with Gasteiger partial charge in [0.25, 0.3) is 0 Å². The quantitative estimate of drug-likeness (QED) is 0.267. The summed E-state index contributed by atoms with van der Waals surface area (Å²) in [5.74, 6) is -3.53. The summed E-state index contributed by atoms with van der Waals surface area (Å²) in [6, 6.07) is 17.9. The fraction of sp³-hybridized carbons (Fsp3) is 0.226. The first-order valence-electron chi connectivity index (χ1n) is 13.5. The SMILES string of the molecule is COc1ccc(C2c3sc(=O)n(CC(=O)Nc4ccccc4)c3SC3C(=O)N(c4ccccc4C(F)(F)F)C(=O)C32)cc1OC. The van der Waals surface area contributed by atoms with Crippen molar-refractivity contribution in [2.75, 3.05) is 24.4 Å². The zero-order valence-electron chi connectivity index (χ0n) is 23.7. The standard InChI is InChI=1S/C31H24F3N3O6S2/c1-42-20-13-12-16(14-21(20)43-2)23-24-25(28(40)37(27(24)39)19-11-7-6-10-18(19)31(32,33)34)44-29-26(23)45-30(41)36(29)15-22(38)35-17-8-4-3-5-9-17/h3-14,23-25H,15H2,1-2H3,(H,35,38). The van der Waals surface area contributed by atoms with Gasteiger partial charge in [-0.2, -0.15) is 13.2 Å². The lowest BCUT2D eigenvalue weighted by molar-refractivity contribution is -0.137. The molecule has 3 unspecified atom stereocenters. The Morgan fingerprint density at radius 1 is 0.911 bits per heavy atom. The van der Waals surface area contributed by atoms with E-state index in [-0.39, 0.29) is 6.54 Å². The van der Waals surface area contributed by atoms with E-state index in [1.54, 1.807) is 48.5 Å². The third-order valence-electron chi connectivity index (χ3n) is 7.63. The molecule has 232 valence electrons. The minimum atomic E-state index is -4.83. The molecule has 3 heterocycles. The second kappa shape index (κ2) is 11.7. The zero-order valence-corrected chi connectivity index (χ0v) is 25.3. The van der Waals surface area contributed by atoms with Crippen molar-refractivity contribution in [2.24, 2.45) is 5.92 Å². The molecule has 6 rings (SSSR count). The van der Waals surface area contributed by atoms with E-state index < -0.39 is 57.1 Å². The molecule has 0 spiro atoms. The van der Waals surface area contributed by atoms with Crippen LogP contribution in [0.3, 0.4) is 0 Å². The largest absolute Gasteiger partial charge is 0.493 e. The highest BCUT2D eigenvalue weighted by Crippen LogP contribution is 2.55. The number of rotatable bonds is 7. The fourth-order valence-corrected chi connectivity index (χ4v) is 8.45. The van der Waals surface area contributed by atoms with Crippen LogP contribution in [-0.2, 0) is 27.1 Å². The predicted octanol–water partition coefficient (Wildman–Crippen LogP) is 5.38. The summed E-state index contributed by atoms with van der Waals surface area (Å²) in [7, 11) is 2.87. The minimum Gasteiger partial charge on any atom is -0.493 e. The number of amides is 3. The Kier molecular flexibility index (Phi) is 7.95. The summed E-state index contributed by atoms with van der Waals surface area (Å²) in [6.45, 7) is -0.384. The van der Waals surface area contributed by atoms with E-state index >= 15 is 0 Å². The molecule has 0 radical (unpaired) electrons. The summed E-state index contributed by atoms with van der Waals surface area (Å²) < 4.78 is 54.1. The van der Waals surface area contributed by atoms with Crippen molar-refractivity contribution in [1.29, 1.82) is 0 Å². The third kappa shape index (κ3) is 5.37. The lowest BCUT2D eigenvalue weighted by atomic mass is 9.83. The number of anilines is 2. The lowest BCUT2D eigenvalue weighted by Gasteiger charge is -2.31. The van der Waals surface area contributed by atoms with Gasteiger partial charge < -0.3 is 14.8 Å². The van der Waals surface area contributed by atoms with Crippen LogP contribution in [0.4, 0.5) is 24.5 Å². The van der Waals surface area contributed by atoms with Crippen molar-refractivity contribution in [3.63, 3.8) is 0 Å². The normalized spacial score (nSPS) is 19.2. The van der Waals surface area contributed by atoms with Crippen molar-refractivity contribution in [3.8, 4) is 11.5 Å². The number of benzene rings is 3. The molecule has 1 fully saturated rings. The number of nitrogens with zero attached hydrogens (tertiary/aromatic N) is 2. The molecule has 1 aromatic heterocycles. The van der Waals surface area contributed by atoms with E-state index in [4.69, 9.17) is 9.47 Å². The fourth-order valence-electron chi connectivity index (χ4n) is 5.67. The maximum Gasteiger partial charge on any atom is 0.418 e. The van der Waals surface area contributed by atoms with Gasteiger partial charge in [0.15, 0.2) is 11.5 Å². The zero-order chi connectivity index (χ0) is 32.0. The summed E-state index contributed by atoms with van der Waals surface area (Å²) in [4.78, 5) is 54.9. The predicted molar refractivity (Wildman–Crippen MR) is 162 cm³/mol. The molecule has 0 bridgehead atoms. The number of halogens is 3. The van der Waals surface area contributed by atoms with Crippen LogP contribution < -0.4 is 24.6 Å². The van der Waals surface area contributed by atoms with Gasteiger partial charge in [-0.25, -0.2) is 4.90 Å². The van der Waals surface area contributed by atoms with Gasteiger partial charge in [-0.3, -0.25) is 23.7 Å². The Morgan fingerprint density at radius 2 is 1.60 bits per heavy atom. The number of thioether (sulfide) groups is 1. The molecule has 9 nitrogen and oxygen atoms in total. The number of fused-ring (bicyclic) bond motifs is 2. The summed E-state index contributed by atoms with van der Waals surface area (Å²) in [5.41, 5.74) is -0.684. The summed E-state index contributed by atoms with van der Waals surface area (Å²) >= 11 is 1.73. The van der Waals surface area contributed by atoms with Crippen LogP contribution in [0.2, 0.25) is 0 Å². The van der Waals surface area contributed by atoms with Crippen LogP contribution in [0.1, 0.15) is 21.9 Å². The first kappa shape index (κ1) is 30.5. The number of methoxy groups -OCH3 is 2. The number of nitrogens with one attached hydrogen (secondary N) is 1. The molecule has 3 amide bonds. The molecule has 1 saturated heterocycles. The number of imide groups is 1. The summed E-state index contributed by atoms with van der Waals surface area (Å²) in [5, 5.41) is 1.84. The molecule has 0 saturated carbocycles. The van der Waals surface area contributed by atoms with E-state index in [2.05, 4.69) is 5.32 Å². The number of carbonyl (C=O) groups excluding carboxylic acids is 3. The van der Waals surface area contributed by atoms with Crippen LogP contribution in [0.15, 0.2) is 82.6 Å². The molecule has 3 atom stereocenters. The number of ether oxygens (including phenoxy) is 2. The van der Waals surface area contributed by atoms with Crippen molar-refractivity contribution in [2.45, 2.75) is 28.9 Å². The van der Waals surface area contributed by atoms with Crippen LogP contribution >= 0.6 is 23.1 Å². The number of thiazole rings is 1. The average molecular weight is 656 g/mol. The molecule has 2 aliphatic heterocycles. The molecule has 14 heteroatoms.